The Balaban J connectivity index is 1.32. The first kappa shape index (κ1) is 28.2. The van der Waals surface area contributed by atoms with Crippen molar-refractivity contribution in [3.8, 4) is 73.7 Å². The Morgan fingerprint density at radius 3 is 1.74 bits per heavy atom. The molecule has 0 N–H and O–H groups in total. The summed E-state index contributed by atoms with van der Waals surface area (Å²) in [6, 6.07) is 47.4. The molecule has 0 amide bonds. The van der Waals surface area contributed by atoms with Gasteiger partial charge >= 0.3 is 0 Å². The van der Waals surface area contributed by atoms with E-state index in [1.807, 2.05) is 97.2 Å². The molecule has 47 heavy (non-hydrogen) atoms. The molecule has 0 unspecified atom stereocenters. The molecular formula is C42H29N5. The number of hydrogen-bond donors (Lipinski definition) is 0. The third kappa shape index (κ3) is 5.07. The number of benzene rings is 5. The predicted molar refractivity (Wildman–Crippen MR) is 187 cm³/mol. The lowest BCUT2D eigenvalue weighted by atomic mass is 9.81. The van der Waals surface area contributed by atoms with Gasteiger partial charge in [0.1, 0.15) is 0 Å². The van der Waals surface area contributed by atoms with E-state index in [-0.39, 0.29) is 5.41 Å². The van der Waals surface area contributed by atoms with Crippen molar-refractivity contribution < 1.29 is 0 Å². The summed E-state index contributed by atoms with van der Waals surface area (Å²) in [6.07, 6.45) is 1.82. The molecule has 2 aromatic heterocycles. The van der Waals surface area contributed by atoms with Crippen molar-refractivity contribution in [3.63, 3.8) is 0 Å². The van der Waals surface area contributed by atoms with Gasteiger partial charge in [0.2, 0.25) is 0 Å². The summed E-state index contributed by atoms with van der Waals surface area (Å²) in [5.74, 6) is 1.83. The lowest BCUT2D eigenvalue weighted by Crippen LogP contribution is -2.15. The average Bonchev–Trinajstić information content (AvgIpc) is 3.37. The zero-order valence-corrected chi connectivity index (χ0v) is 26.0. The van der Waals surface area contributed by atoms with Crippen LogP contribution in [0.4, 0.5) is 0 Å². The number of aromatic nitrogens is 4. The zero-order valence-electron chi connectivity index (χ0n) is 26.0. The molecule has 7 aromatic rings. The Morgan fingerprint density at radius 1 is 0.489 bits per heavy atom. The van der Waals surface area contributed by atoms with Gasteiger partial charge in [-0.05, 0) is 81.9 Å². The van der Waals surface area contributed by atoms with Gasteiger partial charge in [0.05, 0.1) is 17.3 Å². The molecule has 1 aliphatic rings. The molecule has 8 rings (SSSR count). The molecule has 2 heterocycles. The van der Waals surface area contributed by atoms with E-state index in [0.29, 0.717) is 23.0 Å². The van der Waals surface area contributed by atoms with Crippen molar-refractivity contribution in [1.82, 2.24) is 19.9 Å². The first-order valence-electron chi connectivity index (χ1n) is 15.6. The Morgan fingerprint density at radius 2 is 1.11 bits per heavy atom. The van der Waals surface area contributed by atoms with Gasteiger partial charge in [0.25, 0.3) is 0 Å². The van der Waals surface area contributed by atoms with Crippen LogP contribution in [-0.2, 0) is 5.41 Å². The fraction of sp³-hybridized carbons (Fsp3) is 0.0714. The van der Waals surface area contributed by atoms with E-state index in [0.717, 1.165) is 44.6 Å². The van der Waals surface area contributed by atoms with Gasteiger partial charge < -0.3 is 0 Å². The second-order valence-corrected chi connectivity index (χ2v) is 12.3. The number of fused-ring (bicyclic) bond motifs is 3. The van der Waals surface area contributed by atoms with Gasteiger partial charge in [0.15, 0.2) is 17.5 Å². The van der Waals surface area contributed by atoms with Crippen LogP contribution in [0.3, 0.4) is 0 Å². The van der Waals surface area contributed by atoms with Gasteiger partial charge in [-0.3, -0.25) is 4.98 Å². The second kappa shape index (κ2) is 11.3. The monoisotopic (exact) mass is 603 g/mol. The van der Waals surface area contributed by atoms with Crippen LogP contribution in [0.5, 0.6) is 0 Å². The van der Waals surface area contributed by atoms with E-state index in [2.05, 4.69) is 62.4 Å². The minimum atomic E-state index is -0.209. The minimum Gasteiger partial charge on any atom is -0.256 e. The Kier molecular flexibility index (Phi) is 6.78. The Bertz CT molecular complexity index is 2260. The molecule has 0 aliphatic heterocycles. The van der Waals surface area contributed by atoms with E-state index in [4.69, 9.17) is 19.9 Å². The average molecular weight is 604 g/mol. The molecular weight excluding hydrogens is 574 g/mol. The summed E-state index contributed by atoms with van der Waals surface area (Å²) in [5.41, 5.74) is 11.9. The lowest BCUT2D eigenvalue weighted by molar-refractivity contribution is 0.660. The maximum Gasteiger partial charge on any atom is 0.164 e. The van der Waals surface area contributed by atoms with Crippen molar-refractivity contribution in [2.45, 2.75) is 19.3 Å². The van der Waals surface area contributed by atoms with Gasteiger partial charge in [-0.1, -0.05) is 98.8 Å². The van der Waals surface area contributed by atoms with E-state index < -0.39 is 0 Å². The third-order valence-corrected chi connectivity index (χ3v) is 8.99. The molecule has 0 radical (unpaired) electrons. The van der Waals surface area contributed by atoms with Crippen molar-refractivity contribution in [2.75, 3.05) is 0 Å². The molecule has 5 nitrogen and oxygen atoms in total. The summed E-state index contributed by atoms with van der Waals surface area (Å²) in [6.45, 7) is 4.51. The Hall–Kier alpha value is -6.25. The van der Waals surface area contributed by atoms with Crippen LogP contribution >= 0.6 is 0 Å². The van der Waals surface area contributed by atoms with Crippen LogP contribution in [-0.4, -0.2) is 19.9 Å². The fourth-order valence-corrected chi connectivity index (χ4v) is 6.54. The molecule has 0 bridgehead atoms. The molecule has 0 saturated heterocycles. The molecule has 0 spiro atoms. The van der Waals surface area contributed by atoms with Crippen LogP contribution < -0.4 is 0 Å². The van der Waals surface area contributed by atoms with Crippen LogP contribution in [0.15, 0.2) is 140 Å². The first-order valence-corrected chi connectivity index (χ1v) is 15.6. The maximum absolute atomic E-state index is 9.57. The summed E-state index contributed by atoms with van der Waals surface area (Å²) in [7, 11) is 0. The third-order valence-electron chi connectivity index (χ3n) is 8.99. The van der Waals surface area contributed by atoms with Gasteiger partial charge in [-0.2, -0.15) is 5.26 Å². The maximum atomic E-state index is 9.57. The van der Waals surface area contributed by atoms with Crippen LogP contribution in [0, 0.1) is 11.3 Å². The molecule has 5 heteroatoms. The largest absolute Gasteiger partial charge is 0.256 e. The topological polar surface area (TPSA) is 75.3 Å². The van der Waals surface area contributed by atoms with Crippen molar-refractivity contribution in [2.24, 2.45) is 0 Å². The van der Waals surface area contributed by atoms with E-state index >= 15 is 0 Å². The SMILES string of the molecule is CC1(C)c2ccc(C#N)cc2-c2ccc(-c3cc(-c4ccccn4)cc(-c4nc(-c5ccccc5)nc(-c5ccccc5)n4)c3)cc21. The van der Waals surface area contributed by atoms with Crippen LogP contribution in [0.25, 0.3) is 67.7 Å². The highest BCUT2D eigenvalue weighted by Gasteiger charge is 2.35. The molecule has 5 aromatic carbocycles. The lowest BCUT2D eigenvalue weighted by Gasteiger charge is -2.22. The smallest absolute Gasteiger partial charge is 0.164 e. The number of hydrogen-bond acceptors (Lipinski definition) is 5. The first-order chi connectivity index (χ1) is 23.0. The van der Waals surface area contributed by atoms with Gasteiger partial charge in [0, 0.05) is 33.9 Å². The molecule has 222 valence electrons. The summed E-state index contributed by atoms with van der Waals surface area (Å²) in [5, 5.41) is 9.57. The van der Waals surface area contributed by atoms with Crippen LogP contribution in [0.1, 0.15) is 30.5 Å². The fourth-order valence-electron chi connectivity index (χ4n) is 6.54. The minimum absolute atomic E-state index is 0.209. The molecule has 0 saturated carbocycles. The quantitative estimate of drug-likeness (QED) is 0.196. The number of pyridine rings is 1. The number of nitrogens with zero attached hydrogens (tertiary/aromatic N) is 5. The van der Waals surface area contributed by atoms with E-state index in [1.54, 1.807) is 0 Å². The van der Waals surface area contributed by atoms with Gasteiger partial charge in [-0.15, -0.1) is 0 Å². The van der Waals surface area contributed by atoms with Crippen LogP contribution in [0.2, 0.25) is 0 Å². The summed E-state index contributed by atoms with van der Waals surface area (Å²) >= 11 is 0. The summed E-state index contributed by atoms with van der Waals surface area (Å²) in [4.78, 5) is 19.6. The zero-order chi connectivity index (χ0) is 32.0. The molecule has 1 aliphatic carbocycles. The number of nitriles is 1. The highest BCUT2D eigenvalue weighted by atomic mass is 15.0. The second-order valence-electron chi connectivity index (χ2n) is 12.3. The van der Waals surface area contributed by atoms with Gasteiger partial charge in [-0.25, -0.2) is 15.0 Å². The number of rotatable bonds is 5. The van der Waals surface area contributed by atoms with Crippen molar-refractivity contribution >= 4 is 0 Å². The summed E-state index contributed by atoms with van der Waals surface area (Å²) < 4.78 is 0. The standard InChI is InChI=1S/C42H29N5/c1-42(2)36-19-16-27(26-43)21-35(36)34-18-17-30(25-37(34)42)31-22-32(38-15-9-10-20-44-38)24-33(23-31)41-46-39(28-11-5-3-6-12-28)45-40(47-41)29-13-7-4-8-14-29/h3-25H,1-2H3. The van der Waals surface area contributed by atoms with Crippen molar-refractivity contribution in [3.05, 3.63) is 156 Å². The highest BCUT2D eigenvalue weighted by Crippen LogP contribution is 2.50. The molecule has 0 fully saturated rings. The predicted octanol–water partition coefficient (Wildman–Crippen LogP) is 9.78. The van der Waals surface area contributed by atoms with E-state index in [1.165, 1.54) is 16.7 Å². The van der Waals surface area contributed by atoms with E-state index in [9.17, 15) is 5.26 Å². The van der Waals surface area contributed by atoms with Crippen molar-refractivity contribution in [1.29, 1.82) is 5.26 Å². The highest BCUT2D eigenvalue weighted by molar-refractivity contribution is 5.86. The normalized spacial score (nSPS) is 12.6. The molecule has 0 atom stereocenters. The Labute approximate surface area is 273 Å².